The largest absolute Gasteiger partial charge is 0.378 e. The molecule has 0 N–H and O–H groups in total. The number of benzene rings is 2. The molecule has 2 saturated heterocycles. The van der Waals surface area contributed by atoms with Crippen molar-refractivity contribution in [1.29, 1.82) is 0 Å². The van der Waals surface area contributed by atoms with Crippen molar-refractivity contribution in [1.82, 2.24) is 0 Å². The summed E-state index contributed by atoms with van der Waals surface area (Å²) in [5, 5.41) is 11.1. The first kappa shape index (κ1) is 19.6. The fourth-order valence-corrected chi connectivity index (χ4v) is 4.57. The quantitative estimate of drug-likeness (QED) is 0.318. The number of hydrogen-bond acceptors (Lipinski definition) is 7. The summed E-state index contributed by atoms with van der Waals surface area (Å²) in [5.41, 5.74) is 2.27. The minimum Gasteiger partial charge on any atom is -0.378 e. The average Bonchev–Trinajstić information content (AvgIpc) is 3.02. The number of nitro groups is 1. The van der Waals surface area contributed by atoms with Crippen LogP contribution in [0.15, 0.2) is 53.4 Å². The van der Waals surface area contributed by atoms with Crippen molar-refractivity contribution < 1.29 is 14.5 Å². The topological polar surface area (TPSA) is 75.9 Å². The zero-order valence-electron chi connectivity index (χ0n) is 15.3. The van der Waals surface area contributed by atoms with Crippen LogP contribution in [0.5, 0.6) is 0 Å². The maximum Gasteiger partial charge on any atom is 0.271 e. The van der Waals surface area contributed by atoms with Crippen molar-refractivity contribution >= 4 is 57.3 Å². The highest BCUT2D eigenvalue weighted by Gasteiger charge is 2.34. The molecule has 0 spiro atoms. The van der Waals surface area contributed by atoms with E-state index >= 15 is 0 Å². The van der Waals surface area contributed by atoms with Gasteiger partial charge >= 0.3 is 0 Å². The highest BCUT2D eigenvalue weighted by atomic mass is 32.2. The summed E-state index contributed by atoms with van der Waals surface area (Å²) in [4.78, 5) is 27.7. The highest BCUT2D eigenvalue weighted by molar-refractivity contribution is 8.27. The smallest absolute Gasteiger partial charge is 0.271 e. The van der Waals surface area contributed by atoms with Crippen molar-refractivity contribution in [3.63, 3.8) is 0 Å². The lowest BCUT2D eigenvalue weighted by molar-refractivity contribution is -0.384. The second-order valence-electron chi connectivity index (χ2n) is 6.45. The summed E-state index contributed by atoms with van der Waals surface area (Å²) in [6, 6.07) is 13.8. The molecule has 0 aliphatic carbocycles. The van der Waals surface area contributed by atoms with Crippen LogP contribution in [0.1, 0.15) is 5.56 Å². The van der Waals surface area contributed by atoms with E-state index in [0.717, 1.165) is 24.3 Å². The van der Waals surface area contributed by atoms with Gasteiger partial charge in [-0.05, 0) is 23.8 Å². The van der Waals surface area contributed by atoms with Gasteiger partial charge in [0.1, 0.15) is 0 Å². The van der Waals surface area contributed by atoms with Gasteiger partial charge in [0.25, 0.3) is 11.6 Å². The van der Waals surface area contributed by atoms with E-state index in [0.29, 0.717) is 28.1 Å². The maximum atomic E-state index is 13.0. The number of anilines is 2. The number of hydrogen-bond donors (Lipinski definition) is 0. The lowest BCUT2D eigenvalue weighted by atomic mass is 10.1. The summed E-state index contributed by atoms with van der Waals surface area (Å²) in [6.07, 6.45) is 1.83. The first-order chi connectivity index (χ1) is 14.0. The van der Waals surface area contributed by atoms with Crippen molar-refractivity contribution in [2.75, 3.05) is 36.1 Å². The Morgan fingerprint density at radius 2 is 1.90 bits per heavy atom. The van der Waals surface area contributed by atoms with E-state index in [4.69, 9.17) is 17.0 Å². The molecule has 2 aromatic carbocycles. The molecule has 29 heavy (non-hydrogen) atoms. The van der Waals surface area contributed by atoms with Gasteiger partial charge in [0.2, 0.25) is 0 Å². The summed E-state index contributed by atoms with van der Waals surface area (Å²) < 4.78 is 5.78. The van der Waals surface area contributed by atoms with Crippen LogP contribution < -0.4 is 9.80 Å². The van der Waals surface area contributed by atoms with Crippen molar-refractivity contribution in [2.24, 2.45) is 0 Å². The molecule has 0 radical (unpaired) electrons. The lowest BCUT2D eigenvalue weighted by Gasteiger charge is -2.30. The van der Waals surface area contributed by atoms with Crippen LogP contribution in [0, 0.1) is 10.1 Å². The van der Waals surface area contributed by atoms with E-state index < -0.39 is 4.92 Å². The van der Waals surface area contributed by atoms with Gasteiger partial charge in [0.05, 0.1) is 28.7 Å². The molecule has 0 bridgehead atoms. The Morgan fingerprint density at radius 1 is 1.14 bits per heavy atom. The zero-order valence-corrected chi connectivity index (χ0v) is 16.9. The molecule has 0 unspecified atom stereocenters. The summed E-state index contributed by atoms with van der Waals surface area (Å²) >= 11 is 6.59. The molecule has 4 rings (SSSR count). The summed E-state index contributed by atoms with van der Waals surface area (Å²) in [7, 11) is 0. The Balaban J connectivity index is 1.65. The highest BCUT2D eigenvalue weighted by Crippen LogP contribution is 2.38. The van der Waals surface area contributed by atoms with Gasteiger partial charge in [0.15, 0.2) is 4.32 Å². The number of carbonyl (C=O) groups excluding carboxylic acids is 1. The third kappa shape index (κ3) is 4.02. The standard InChI is InChI=1S/C20H17N3O4S2/c24-19-18(12-14-4-1-2-7-17(14)21-8-10-27-11-9-21)29-20(28)22(19)15-5-3-6-16(13-15)23(25)26/h1-7,12-13H,8-11H2/b18-12+. The minimum atomic E-state index is -0.491. The molecule has 2 aromatic rings. The van der Waals surface area contributed by atoms with Crippen LogP contribution in [0.4, 0.5) is 17.1 Å². The number of ether oxygens (including phenoxy) is 1. The molecule has 2 heterocycles. The van der Waals surface area contributed by atoms with E-state index in [1.54, 1.807) is 12.1 Å². The molecule has 0 aromatic heterocycles. The predicted molar refractivity (Wildman–Crippen MR) is 118 cm³/mol. The number of rotatable bonds is 4. The third-order valence-electron chi connectivity index (χ3n) is 4.67. The van der Waals surface area contributed by atoms with Gasteiger partial charge < -0.3 is 9.64 Å². The van der Waals surface area contributed by atoms with Gasteiger partial charge in [-0.25, -0.2) is 0 Å². The van der Waals surface area contributed by atoms with Crippen molar-refractivity contribution in [2.45, 2.75) is 0 Å². The van der Waals surface area contributed by atoms with Crippen molar-refractivity contribution in [3.8, 4) is 0 Å². The van der Waals surface area contributed by atoms with Crippen LogP contribution in [-0.2, 0) is 9.53 Å². The first-order valence-electron chi connectivity index (χ1n) is 8.99. The fourth-order valence-electron chi connectivity index (χ4n) is 3.28. The Kier molecular flexibility index (Phi) is 5.61. The van der Waals surface area contributed by atoms with Crippen LogP contribution in [-0.4, -0.2) is 41.5 Å². The number of thiocarbonyl (C=S) groups is 1. The van der Waals surface area contributed by atoms with Crippen LogP contribution in [0.3, 0.4) is 0 Å². The monoisotopic (exact) mass is 427 g/mol. The molecular formula is C20H17N3O4S2. The van der Waals surface area contributed by atoms with Gasteiger partial charge in [0, 0.05) is 30.9 Å². The van der Waals surface area contributed by atoms with Gasteiger partial charge in [-0.2, -0.15) is 0 Å². The third-order valence-corrected chi connectivity index (χ3v) is 5.97. The number of nitro benzene ring substituents is 1. The fraction of sp³-hybridized carbons (Fsp3) is 0.200. The predicted octanol–water partition coefficient (Wildman–Crippen LogP) is 3.84. The SMILES string of the molecule is O=C1/C(=C\c2ccccc2N2CCOCC2)SC(=S)N1c1cccc([N+](=O)[O-])c1. The molecule has 9 heteroatoms. The molecule has 0 atom stereocenters. The number of amides is 1. The molecule has 2 fully saturated rings. The molecule has 2 aliphatic rings. The number of thioether (sulfide) groups is 1. The molecular weight excluding hydrogens is 410 g/mol. The summed E-state index contributed by atoms with van der Waals surface area (Å²) in [6.45, 7) is 2.92. The van der Waals surface area contributed by atoms with Gasteiger partial charge in [-0.15, -0.1) is 0 Å². The zero-order chi connectivity index (χ0) is 20.4. The number of carbonyl (C=O) groups is 1. The average molecular weight is 428 g/mol. The number of para-hydroxylation sites is 1. The summed E-state index contributed by atoms with van der Waals surface area (Å²) in [5.74, 6) is -0.280. The van der Waals surface area contributed by atoms with E-state index in [1.807, 2.05) is 30.3 Å². The molecule has 7 nitrogen and oxygen atoms in total. The van der Waals surface area contributed by atoms with Crippen molar-refractivity contribution in [3.05, 3.63) is 69.1 Å². The van der Waals surface area contributed by atoms with Crippen LogP contribution in [0.25, 0.3) is 6.08 Å². The Bertz CT molecular complexity index is 1020. The molecule has 0 saturated carbocycles. The normalized spacial score (nSPS) is 18.6. The van der Waals surface area contributed by atoms with E-state index in [9.17, 15) is 14.9 Å². The number of nitrogens with zero attached hydrogens (tertiary/aromatic N) is 3. The molecule has 148 valence electrons. The Labute approximate surface area is 177 Å². The van der Waals surface area contributed by atoms with E-state index in [2.05, 4.69) is 4.90 Å². The number of non-ortho nitro benzene ring substituents is 1. The maximum absolute atomic E-state index is 13.0. The van der Waals surface area contributed by atoms with Gasteiger partial charge in [-0.3, -0.25) is 19.8 Å². The van der Waals surface area contributed by atoms with Gasteiger partial charge in [-0.1, -0.05) is 48.2 Å². The van der Waals surface area contributed by atoms with Crippen LogP contribution >= 0.6 is 24.0 Å². The molecule has 2 aliphatic heterocycles. The van der Waals surface area contributed by atoms with E-state index in [1.165, 1.54) is 28.8 Å². The second kappa shape index (κ2) is 8.32. The molecule has 1 amide bonds. The van der Waals surface area contributed by atoms with Crippen LogP contribution in [0.2, 0.25) is 0 Å². The number of morpholine rings is 1. The Hall–Kier alpha value is -2.75. The minimum absolute atomic E-state index is 0.0850. The first-order valence-corrected chi connectivity index (χ1v) is 10.2. The Morgan fingerprint density at radius 3 is 2.66 bits per heavy atom. The lowest BCUT2D eigenvalue weighted by Crippen LogP contribution is -2.36. The second-order valence-corrected chi connectivity index (χ2v) is 8.13. The van der Waals surface area contributed by atoms with E-state index in [-0.39, 0.29) is 11.6 Å².